The molecule has 3 heteroatoms. The SMILES string of the molecule is CCC1CCC(N)(C(=O)OCCC2CC2)CC1. The minimum Gasteiger partial charge on any atom is -0.464 e. The maximum Gasteiger partial charge on any atom is 0.326 e. The van der Waals surface area contributed by atoms with Crippen LogP contribution in [0.2, 0.25) is 0 Å². The van der Waals surface area contributed by atoms with Gasteiger partial charge >= 0.3 is 5.97 Å². The zero-order valence-corrected chi connectivity index (χ0v) is 10.9. The second-order valence-electron chi connectivity index (χ2n) is 5.88. The summed E-state index contributed by atoms with van der Waals surface area (Å²) in [5.74, 6) is 1.41. The molecule has 2 aliphatic rings. The number of esters is 1. The minimum atomic E-state index is -0.685. The van der Waals surface area contributed by atoms with E-state index >= 15 is 0 Å². The van der Waals surface area contributed by atoms with E-state index in [1.165, 1.54) is 19.3 Å². The molecule has 2 saturated carbocycles. The molecule has 3 nitrogen and oxygen atoms in total. The first-order chi connectivity index (χ1) is 8.14. The highest BCUT2D eigenvalue weighted by atomic mass is 16.5. The van der Waals surface area contributed by atoms with Crippen LogP contribution in [-0.4, -0.2) is 18.1 Å². The lowest BCUT2D eigenvalue weighted by atomic mass is 9.76. The maximum absolute atomic E-state index is 12.0. The van der Waals surface area contributed by atoms with Crippen LogP contribution in [0.3, 0.4) is 0 Å². The molecule has 2 rings (SSSR count). The van der Waals surface area contributed by atoms with Gasteiger partial charge in [-0.3, -0.25) is 4.79 Å². The predicted molar refractivity (Wildman–Crippen MR) is 67.5 cm³/mol. The smallest absolute Gasteiger partial charge is 0.326 e. The Morgan fingerprint density at radius 2 is 1.88 bits per heavy atom. The lowest BCUT2D eigenvalue weighted by molar-refractivity contribution is -0.152. The van der Waals surface area contributed by atoms with Crippen LogP contribution in [-0.2, 0) is 9.53 Å². The van der Waals surface area contributed by atoms with E-state index in [0.717, 1.165) is 43.9 Å². The van der Waals surface area contributed by atoms with Gasteiger partial charge in [0.15, 0.2) is 0 Å². The Balaban J connectivity index is 1.72. The quantitative estimate of drug-likeness (QED) is 0.750. The third-order valence-electron chi connectivity index (χ3n) is 4.44. The molecule has 2 fully saturated rings. The lowest BCUT2D eigenvalue weighted by Crippen LogP contribution is -2.51. The molecule has 0 aliphatic heterocycles. The number of carbonyl (C=O) groups excluding carboxylic acids is 1. The summed E-state index contributed by atoms with van der Waals surface area (Å²) < 4.78 is 5.34. The first-order valence-electron chi connectivity index (χ1n) is 7.10. The van der Waals surface area contributed by atoms with Gasteiger partial charge in [0.05, 0.1) is 6.61 Å². The highest BCUT2D eigenvalue weighted by Gasteiger charge is 2.39. The third-order valence-corrected chi connectivity index (χ3v) is 4.44. The van der Waals surface area contributed by atoms with E-state index in [1.54, 1.807) is 0 Å². The second-order valence-corrected chi connectivity index (χ2v) is 5.88. The van der Waals surface area contributed by atoms with E-state index in [0.29, 0.717) is 6.61 Å². The molecule has 0 amide bonds. The fraction of sp³-hybridized carbons (Fsp3) is 0.929. The van der Waals surface area contributed by atoms with Crippen molar-refractivity contribution in [2.75, 3.05) is 6.61 Å². The number of ether oxygens (including phenoxy) is 1. The number of carbonyl (C=O) groups is 1. The van der Waals surface area contributed by atoms with Crippen molar-refractivity contribution in [2.45, 2.75) is 63.8 Å². The van der Waals surface area contributed by atoms with Crippen molar-refractivity contribution in [1.29, 1.82) is 0 Å². The number of hydrogen-bond acceptors (Lipinski definition) is 3. The molecule has 0 bridgehead atoms. The molecule has 17 heavy (non-hydrogen) atoms. The molecule has 98 valence electrons. The van der Waals surface area contributed by atoms with Crippen molar-refractivity contribution in [3.63, 3.8) is 0 Å². The zero-order chi connectivity index (χ0) is 12.3. The summed E-state index contributed by atoms with van der Waals surface area (Å²) in [7, 11) is 0. The fourth-order valence-electron chi connectivity index (χ4n) is 2.67. The van der Waals surface area contributed by atoms with Gasteiger partial charge in [-0.2, -0.15) is 0 Å². The van der Waals surface area contributed by atoms with Crippen molar-refractivity contribution in [3.05, 3.63) is 0 Å². The Morgan fingerprint density at radius 3 is 2.41 bits per heavy atom. The summed E-state index contributed by atoms with van der Waals surface area (Å²) in [4.78, 5) is 12.0. The monoisotopic (exact) mass is 239 g/mol. The molecule has 2 aliphatic carbocycles. The van der Waals surface area contributed by atoms with Gasteiger partial charge in [-0.25, -0.2) is 0 Å². The topological polar surface area (TPSA) is 52.3 Å². The molecule has 0 aromatic rings. The summed E-state index contributed by atoms with van der Waals surface area (Å²) in [5, 5.41) is 0. The summed E-state index contributed by atoms with van der Waals surface area (Å²) >= 11 is 0. The summed E-state index contributed by atoms with van der Waals surface area (Å²) in [5.41, 5.74) is 5.49. The summed E-state index contributed by atoms with van der Waals surface area (Å²) in [6.45, 7) is 2.78. The van der Waals surface area contributed by atoms with Crippen LogP contribution in [0.1, 0.15) is 58.3 Å². The summed E-state index contributed by atoms with van der Waals surface area (Å²) in [6, 6.07) is 0. The van der Waals surface area contributed by atoms with Gasteiger partial charge in [0.25, 0.3) is 0 Å². The van der Waals surface area contributed by atoms with E-state index in [1.807, 2.05) is 0 Å². The largest absolute Gasteiger partial charge is 0.464 e. The van der Waals surface area contributed by atoms with Crippen LogP contribution < -0.4 is 5.73 Å². The van der Waals surface area contributed by atoms with Crippen LogP contribution in [0.15, 0.2) is 0 Å². The first kappa shape index (κ1) is 12.9. The molecular formula is C14H25NO2. The van der Waals surface area contributed by atoms with Gasteiger partial charge < -0.3 is 10.5 Å². The second kappa shape index (κ2) is 5.38. The first-order valence-corrected chi connectivity index (χ1v) is 7.10. The molecule has 0 aromatic heterocycles. The van der Waals surface area contributed by atoms with Gasteiger partial charge in [-0.1, -0.05) is 26.2 Å². The normalized spacial score (nSPS) is 33.4. The molecule has 0 aromatic carbocycles. The van der Waals surface area contributed by atoms with Crippen LogP contribution in [0.25, 0.3) is 0 Å². The van der Waals surface area contributed by atoms with Gasteiger partial charge in [0.2, 0.25) is 0 Å². The average molecular weight is 239 g/mol. The third kappa shape index (κ3) is 3.44. The highest BCUT2D eigenvalue weighted by molar-refractivity contribution is 5.80. The minimum absolute atomic E-state index is 0.160. The van der Waals surface area contributed by atoms with E-state index in [4.69, 9.17) is 10.5 Å². The van der Waals surface area contributed by atoms with Gasteiger partial charge in [0, 0.05) is 0 Å². The molecule has 0 saturated heterocycles. The lowest BCUT2D eigenvalue weighted by Gasteiger charge is -2.34. The van der Waals surface area contributed by atoms with Crippen molar-refractivity contribution in [3.8, 4) is 0 Å². The van der Waals surface area contributed by atoms with E-state index in [9.17, 15) is 4.79 Å². The van der Waals surface area contributed by atoms with E-state index in [2.05, 4.69) is 6.92 Å². The van der Waals surface area contributed by atoms with Crippen molar-refractivity contribution < 1.29 is 9.53 Å². The molecule has 0 radical (unpaired) electrons. The molecule has 0 heterocycles. The van der Waals surface area contributed by atoms with Gasteiger partial charge in [-0.05, 0) is 43.9 Å². The maximum atomic E-state index is 12.0. The Bertz CT molecular complexity index is 265. The fourth-order valence-corrected chi connectivity index (χ4v) is 2.67. The number of rotatable bonds is 5. The van der Waals surface area contributed by atoms with Gasteiger partial charge in [0.1, 0.15) is 5.54 Å². The average Bonchev–Trinajstić information content (AvgIpc) is 3.14. The van der Waals surface area contributed by atoms with Crippen LogP contribution in [0.4, 0.5) is 0 Å². The van der Waals surface area contributed by atoms with Crippen molar-refractivity contribution in [1.82, 2.24) is 0 Å². The van der Waals surface area contributed by atoms with Crippen molar-refractivity contribution in [2.24, 2.45) is 17.6 Å². The Hall–Kier alpha value is -0.570. The Morgan fingerprint density at radius 1 is 1.24 bits per heavy atom. The van der Waals surface area contributed by atoms with E-state index in [-0.39, 0.29) is 5.97 Å². The van der Waals surface area contributed by atoms with E-state index < -0.39 is 5.54 Å². The van der Waals surface area contributed by atoms with Crippen LogP contribution in [0, 0.1) is 11.8 Å². The number of nitrogens with two attached hydrogens (primary N) is 1. The molecule has 0 spiro atoms. The zero-order valence-electron chi connectivity index (χ0n) is 10.9. The van der Waals surface area contributed by atoms with Crippen LogP contribution >= 0.6 is 0 Å². The standard InChI is InChI=1S/C14H25NO2/c1-2-11-5-8-14(15,9-6-11)13(16)17-10-7-12-3-4-12/h11-12H,2-10,15H2,1H3. The van der Waals surface area contributed by atoms with Crippen LogP contribution in [0.5, 0.6) is 0 Å². The Kier molecular flexibility index (Phi) is 4.08. The van der Waals surface area contributed by atoms with Crippen molar-refractivity contribution >= 4 is 5.97 Å². The predicted octanol–water partition coefficient (Wildman–Crippen LogP) is 2.63. The number of hydrogen-bond donors (Lipinski definition) is 1. The Labute approximate surface area is 104 Å². The van der Waals surface area contributed by atoms with Gasteiger partial charge in [-0.15, -0.1) is 0 Å². The molecule has 0 unspecified atom stereocenters. The summed E-state index contributed by atoms with van der Waals surface area (Å²) in [6.07, 6.45) is 8.59. The molecule has 2 N–H and O–H groups in total. The molecular weight excluding hydrogens is 214 g/mol. The highest BCUT2D eigenvalue weighted by Crippen LogP contribution is 2.34. The molecule has 0 atom stereocenters.